The number of anilines is 1. The highest BCUT2D eigenvalue weighted by Crippen LogP contribution is 2.40. The third kappa shape index (κ3) is 4.03. The fraction of sp³-hybridized carbons (Fsp3) is 0.438. The lowest BCUT2D eigenvalue weighted by Gasteiger charge is -2.18. The summed E-state index contributed by atoms with van der Waals surface area (Å²) in [5.41, 5.74) is 1.35. The number of hydrogen-bond acceptors (Lipinski definition) is 7. The molecular weight excluding hydrogens is 440 g/mol. The zero-order chi connectivity index (χ0) is 19.7. The number of carbonyl (C=O) groups is 2. The molecule has 0 bridgehead atoms. The second-order valence-electron chi connectivity index (χ2n) is 6.35. The summed E-state index contributed by atoms with van der Waals surface area (Å²) in [6.45, 7) is 1.94. The highest BCUT2D eigenvalue weighted by atomic mass is 79.9. The van der Waals surface area contributed by atoms with Crippen molar-refractivity contribution in [2.45, 2.75) is 32.7 Å². The predicted octanol–water partition coefficient (Wildman–Crippen LogP) is 3.17. The van der Waals surface area contributed by atoms with Gasteiger partial charge < -0.3 is 20.2 Å². The van der Waals surface area contributed by atoms with Gasteiger partial charge in [-0.2, -0.15) is 4.68 Å². The first kappa shape index (κ1) is 19.5. The molecule has 11 heteroatoms. The van der Waals surface area contributed by atoms with Gasteiger partial charge in [0.2, 0.25) is 5.91 Å². The Bertz CT molecular complexity index is 922. The van der Waals surface area contributed by atoms with Gasteiger partial charge in [0.1, 0.15) is 16.0 Å². The van der Waals surface area contributed by atoms with Crippen LogP contribution in [0.3, 0.4) is 0 Å². The first-order valence-corrected chi connectivity index (χ1v) is 9.81. The van der Waals surface area contributed by atoms with Gasteiger partial charge in [-0.25, -0.2) is 4.79 Å². The van der Waals surface area contributed by atoms with Crippen LogP contribution in [0.2, 0.25) is 0 Å². The minimum Gasteiger partial charge on any atom is -0.465 e. The van der Waals surface area contributed by atoms with Crippen LogP contribution >= 0.6 is 27.3 Å². The lowest BCUT2D eigenvalue weighted by Crippen LogP contribution is -2.20. The van der Waals surface area contributed by atoms with Crippen molar-refractivity contribution in [2.24, 2.45) is 5.92 Å². The topological polar surface area (TPSA) is 116 Å². The number of thiophene rings is 1. The molecule has 27 heavy (non-hydrogen) atoms. The highest BCUT2D eigenvalue weighted by molar-refractivity contribution is 9.10. The first-order chi connectivity index (χ1) is 12.8. The van der Waals surface area contributed by atoms with Crippen LogP contribution in [0.4, 0.5) is 10.8 Å². The molecule has 0 saturated heterocycles. The molecule has 0 saturated carbocycles. The standard InChI is InChI=1S/C16H17BrN4O5S/c1-8-3-4-9-11(5-8)27-15(13(9)16(23)26-2)18-12(22)7-20-6-10(17)14(19-20)21(24)25/h6,8H,3-5,7H2,1-2H3,(H,18,22)/t8-/m1/s1. The van der Waals surface area contributed by atoms with Crippen molar-refractivity contribution in [1.82, 2.24) is 9.78 Å². The van der Waals surface area contributed by atoms with Crippen molar-refractivity contribution in [3.63, 3.8) is 0 Å². The maximum Gasteiger partial charge on any atom is 0.404 e. The molecule has 2 aromatic heterocycles. The second-order valence-corrected chi connectivity index (χ2v) is 8.31. The van der Waals surface area contributed by atoms with Crippen molar-refractivity contribution in [2.75, 3.05) is 12.4 Å². The Hall–Kier alpha value is -2.27. The molecule has 0 aliphatic heterocycles. The van der Waals surface area contributed by atoms with E-state index in [0.29, 0.717) is 16.5 Å². The van der Waals surface area contributed by atoms with E-state index in [1.54, 1.807) is 0 Å². The number of aromatic nitrogens is 2. The minimum atomic E-state index is -0.637. The zero-order valence-corrected chi connectivity index (χ0v) is 17.1. The van der Waals surface area contributed by atoms with Gasteiger partial charge in [0.15, 0.2) is 0 Å². The molecule has 1 aliphatic rings. The summed E-state index contributed by atoms with van der Waals surface area (Å²) in [5.74, 6) is -0.752. The number of nitro groups is 1. The lowest BCUT2D eigenvalue weighted by atomic mass is 9.88. The van der Waals surface area contributed by atoms with E-state index >= 15 is 0 Å². The number of carbonyl (C=O) groups excluding carboxylic acids is 2. The Morgan fingerprint density at radius 1 is 1.56 bits per heavy atom. The number of esters is 1. The summed E-state index contributed by atoms with van der Waals surface area (Å²) in [7, 11) is 1.31. The summed E-state index contributed by atoms with van der Waals surface area (Å²) < 4.78 is 6.25. The van der Waals surface area contributed by atoms with Gasteiger partial charge in [-0.3, -0.25) is 4.79 Å². The van der Waals surface area contributed by atoms with Gasteiger partial charge in [0, 0.05) is 4.88 Å². The van der Waals surface area contributed by atoms with E-state index in [1.807, 2.05) is 0 Å². The van der Waals surface area contributed by atoms with E-state index in [0.717, 1.165) is 29.7 Å². The number of hydrogen-bond donors (Lipinski definition) is 1. The Kier molecular flexibility index (Phi) is 5.61. The number of fused-ring (bicyclic) bond motifs is 1. The zero-order valence-electron chi connectivity index (χ0n) is 14.7. The molecule has 0 unspecified atom stereocenters. The van der Waals surface area contributed by atoms with Crippen molar-refractivity contribution in [1.29, 1.82) is 0 Å². The molecule has 0 radical (unpaired) electrons. The van der Waals surface area contributed by atoms with Gasteiger partial charge in [0.25, 0.3) is 0 Å². The normalized spacial score (nSPS) is 15.9. The Morgan fingerprint density at radius 3 is 2.93 bits per heavy atom. The molecule has 0 fully saturated rings. The van der Waals surface area contributed by atoms with Gasteiger partial charge >= 0.3 is 11.8 Å². The predicted molar refractivity (Wildman–Crippen MR) is 102 cm³/mol. The molecule has 9 nitrogen and oxygen atoms in total. The summed E-state index contributed by atoms with van der Waals surface area (Å²) in [5, 5.41) is 17.8. The number of ether oxygens (including phenoxy) is 1. The smallest absolute Gasteiger partial charge is 0.404 e. The summed E-state index contributed by atoms with van der Waals surface area (Å²) in [6, 6.07) is 0. The summed E-state index contributed by atoms with van der Waals surface area (Å²) in [4.78, 5) is 36.0. The highest BCUT2D eigenvalue weighted by Gasteiger charge is 2.29. The molecule has 0 aromatic carbocycles. The van der Waals surface area contributed by atoms with Crippen LogP contribution in [0.25, 0.3) is 0 Å². The van der Waals surface area contributed by atoms with E-state index in [9.17, 15) is 19.7 Å². The van der Waals surface area contributed by atoms with Crippen molar-refractivity contribution in [3.05, 3.63) is 36.8 Å². The lowest BCUT2D eigenvalue weighted by molar-refractivity contribution is -0.390. The SMILES string of the molecule is COC(=O)c1c(NC(=O)Cn2cc(Br)c([N+](=O)[O-])n2)sc2c1CC[C@@H](C)C2. The van der Waals surface area contributed by atoms with Crippen LogP contribution in [0.5, 0.6) is 0 Å². The van der Waals surface area contributed by atoms with Gasteiger partial charge in [-0.15, -0.1) is 11.3 Å². The molecule has 1 aliphatic carbocycles. The van der Waals surface area contributed by atoms with Crippen LogP contribution in [0, 0.1) is 16.0 Å². The monoisotopic (exact) mass is 456 g/mol. The average Bonchev–Trinajstić information content (AvgIpc) is 3.13. The van der Waals surface area contributed by atoms with E-state index < -0.39 is 16.8 Å². The van der Waals surface area contributed by atoms with Crippen LogP contribution in [0.1, 0.15) is 34.1 Å². The molecule has 1 N–H and O–H groups in total. The number of amides is 1. The molecule has 1 amide bonds. The third-order valence-corrected chi connectivity index (χ3v) is 6.06. The second kappa shape index (κ2) is 7.77. The van der Waals surface area contributed by atoms with Crippen molar-refractivity contribution >= 4 is 50.0 Å². The number of halogens is 1. The number of rotatable bonds is 5. The molecule has 0 spiro atoms. The number of nitrogens with one attached hydrogen (secondary N) is 1. The van der Waals surface area contributed by atoms with Crippen LogP contribution in [0.15, 0.2) is 10.7 Å². The fourth-order valence-corrected chi connectivity index (χ4v) is 4.94. The summed E-state index contributed by atoms with van der Waals surface area (Å²) >= 11 is 4.42. The Balaban J connectivity index is 1.82. The van der Waals surface area contributed by atoms with Crippen LogP contribution < -0.4 is 5.32 Å². The largest absolute Gasteiger partial charge is 0.465 e. The van der Waals surface area contributed by atoms with Gasteiger partial charge in [-0.05, 0) is 51.6 Å². The van der Waals surface area contributed by atoms with Gasteiger partial charge in [-0.1, -0.05) is 6.92 Å². The maximum atomic E-state index is 12.4. The van der Waals surface area contributed by atoms with Crippen LogP contribution in [-0.2, 0) is 28.9 Å². The Labute approximate surface area is 167 Å². The minimum absolute atomic E-state index is 0.191. The molecule has 2 aromatic rings. The van der Waals surface area contributed by atoms with Crippen LogP contribution in [-0.4, -0.2) is 33.7 Å². The van der Waals surface area contributed by atoms with E-state index in [4.69, 9.17) is 4.74 Å². The average molecular weight is 457 g/mol. The molecule has 2 heterocycles. The fourth-order valence-electron chi connectivity index (χ4n) is 3.06. The van der Waals surface area contributed by atoms with E-state index in [2.05, 4.69) is 33.3 Å². The number of methoxy groups -OCH3 is 1. The van der Waals surface area contributed by atoms with Crippen molar-refractivity contribution in [3.8, 4) is 0 Å². The first-order valence-electron chi connectivity index (χ1n) is 8.20. The summed E-state index contributed by atoms with van der Waals surface area (Å²) in [6.07, 6.45) is 3.97. The van der Waals surface area contributed by atoms with Gasteiger partial charge in [0.05, 0.1) is 24.0 Å². The maximum absolute atomic E-state index is 12.4. The molecule has 1 atom stereocenters. The molecule has 3 rings (SSSR count). The van der Waals surface area contributed by atoms with Crippen molar-refractivity contribution < 1.29 is 19.2 Å². The molecular formula is C16H17BrN4O5S. The Morgan fingerprint density at radius 2 is 2.30 bits per heavy atom. The van der Waals surface area contributed by atoms with E-state index in [-0.39, 0.29) is 16.8 Å². The molecule has 144 valence electrons. The quantitative estimate of drug-likeness (QED) is 0.419. The number of nitrogens with zero attached hydrogens (tertiary/aromatic N) is 3. The van der Waals surface area contributed by atoms with E-state index in [1.165, 1.54) is 29.3 Å². The third-order valence-electron chi connectivity index (χ3n) is 4.33.